The summed E-state index contributed by atoms with van der Waals surface area (Å²) in [5.74, 6) is 0. The van der Waals surface area contributed by atoms with Crippen LogP contribution in [0.15, 0.2) is 95.5 Å². The summed E-state index contributed by atoms with van der Waals surface area (Å²) in [5.41, 5.74) is 11.9. The van der Waals surface area contributed by atoms with Crippen molar-refractivity contribution >= 4 is 62.3 Å². The zero-order valence-electron chi connectivity index (χ0n) is 19.7. The number of aromatic nitrogens is 4. The zero-order valence-corrected chi connectivity index (χ0v) is 21.3. The quantitative estimate of drug-likeness (QED) is 0.230. The summed E-state index contributed by atoms with van der Waals surface area (Å²) < 4.78 is 0.987. The van der Waals surface area contributed by atoms with E-state index in [1.165, 1.54) is 0 Å². The SMILES string of the molecule is Brc1cc2cc3ccc([nH]3)c(-c3ccccc3)c3nc(cc4nc(c(-c5ccccc5)c1[nH]2)C=C4)C=C3. The fourth-order valence-electron chi connectivity index (χ4n) is 4.94. The van der Waals surface area contributed by atoms with E-state index in [0.717, 1.165) is 71.6 Å². The van der Waals surface area contributed by atoms with E-state index in [0.29, 0.717) is 0 Å². The van der Waals surface area contributed by atoms with Gasteiger partial charge in [0.15, 0.2) is 0 Å². The second-order valence-corrected chi connectivity index (χ2v) is 9.91. The molecule has 0 fully saturated rings. The van der Waals surface area contributed by atoms with Crippen molar-refractivity contribution in [2.45, 2.75) is 0 Å². The van der Waals surface area contributed by atoms with Crippen molar-refractivity contribution in [2.24, 2.45) is 0 Å². The van der Waals surface area contributed by atoms with Gasteiger partial charge in [-0.15, -0.1) is 0 Å². The maximum atomic E-state index is 5.00. The highest BCUT2D eigenvalue weighted by Crippen LogP contribution is 2.35. The molecule has 8 bridgehead atoms. The fourth-order valence-corrected chi connectivity index (χ4v) is 5.48. The summed E-state index contributed by atoms with van der Waals surface area (Å²) in [4.78, 5) is 17.2. The van der Waals surface area contributed by atoms with E-state index in [4.69, 9.17) is 9.97 Å². The number of hydrogen-bond acceptors (Lipinski definition) is 2. The third kappa shape index (κ3) is 4.03. The maximum absolute atomic E-state index is 5.00. The highest BCUT2D eigenvalue weighted by Gasteiger charge is 2.14. The van der Waals surface area contributed by atoms with Gasteiger partial charge in [-0.2, -0.15) is 0 Å². The van der Waals surface area contributed by atoms with E-state index in [1.807, 2.05) is 24.3 Å². The van der Waals surface area contributed by atoms with Gasteiger partial charge in [0.25, 0.3) is 0 Å². The Morgan fingerprint density at radius 2 is 1.16 bits per heavy atom. The normalized spacial score (nSPS) is 12.2. The van der Waals surface area contributed by atoms with Crippen LogP contribution in [0.1, 0.15) is 22.8 Å². The summed E-state index contributed by atoms with van der Waals surface area (Å²) in [6.07, 6.45) is 8.25. The van der Waals surface area contributed by atoms with Crippen molar-refractivity contribution in [3.63, 3.8) is 0 Å². The number of H-pyrrole nitrogens is 2. The van der Waals surface area contributed by atoms with Crippen molar-refractivity contribution in [3.8, 4) is 22.3 Å². The highest BCUT2D eigenvalue weighted by atomic mass is 79.9. The molecule has 0 atom stereocenters. The monoisotopic (exact) mass is 540 g/mol. The van der Waals surface area contributed by atoms with Crippen LogP contribution in [-0.4, -0.2) is 19.9 Å². The Bertz CT molecular complexity index is 1880. The summed E-state index contributed by atoms with van der Waals surface area (Å²) in [6.45, 7) is 0. The molecule has 5 aromatic rings. The van der Waals surface area contributed by atoms with Crippen LogP contribution in [0.25, 0.3) is 68.6 Å². The lowest BCUT2D eigenvalue weighted by Gasteiger charge is -2.04. The van der Waals surface area contributed by atoms with E-state index in [-0.39, 0.29) is 0 Å². The summed E-state index contributed by atoms with van der Waals surface area (Å²) in [6, 6.07) is 31.3. The van der Waals surface area contributed by atoms with Crippen molar-refractivity contribution in [3.05, 3.63) is 118 Å². The van der Waals surface area contributed by atoms with Crippen LogP contribution >= 0.6 is 15.9 Å². The number of fused-ring (bicyclic) bond motifs is 8. The molecule has 176 valence electrons. The van der Waals surface area contributed by atoms with Gasteiger partial charge in [0.05, 0.1) is 28.3 Å². The summed E-state index contributed by atoms with van der Waals surface area (Å²) >= 11 is 3.81. The Hall–Kier alpha value is -4.48. The van der Waals surface area contributed by atoms with Gasteiger partial charge in [-0.25, -0.2) is 9.97 Å². The second-order valence-electron chi connectivity index (χ2n) is 9.06. The number of halogens is 1. The van der Waals surface area contributed by atoms with E-state index in [9.17, 15) is 0 Å². The highest BCUT2D eigenvalue weighted by molar-refractivity contribution is 9.10. The first-order valence-electron chi connectivity index (χ1n) is 12.1. The summed E-state index contributed by atoms with van der Waals surface area (Å²) in [5, 5.41) is 0. The number of nitrogens with one attached hydrogen (secondary N) is 2. The second kappa shape index (κ2) is 8.87. The molecule has 5 heteroatoms. The molecule has 0 saturated carbocycles. The Labute approximate surface area is 222 Å². The van der Waals surface area contributed by atoms with Crippen LogP contribution in [0.4, 0.5) is 0 Å². The van der Waals surface area contributed by atoms with Crippen molar-refractivity contribution < 1.29 is 0 Å². The lowest BCUT2D eigenvalue weighted by molar-refractivity contribution is 1.28. The number of nitrogens with zero attached hydrogens (tertiary/aromatic N) is 2. The molecule has 7 rings (SSSR count). The molecule has 0 radical (unpaired) electrons. The van der Waals surface area contributed by atoms with Gasteiger partial charge < -0.3 is 9.97 Å². The number of aromatic amines is 2. The molecule has 2 N–H and O–H groups in total. The van der Waals surface area contributed by atoms with Crippen LogP contribution in [-0.2, 0) is 0 Å². The smallest absolute Gasteiger partial charge is 0.0737 e. The Kier molecular flexibility index (Phi) is 5.22. The van der Waals surface area contributed by atoms with Crippen molar-refractivity contribution in [2.75, 3.05) is 0 Å². The number of rotatable bonds is 2. The van der Waals surface area contributed by atoms with E-state index in [2.05, 4.69) is 117 Å². The number of hydrogen-bond donors (Lipinski definition) is 2. The fraction of sp³-hybridized carbons (Fsp3) is 0. The van der Waals surface area contributed by atoms with Crippen molar-refractivity contribution in [1.82, 2.24) is 19.9 Å². The van der Waals surface area contributed by atoms with Gasteiger partial charge in [0.2, 0.25) is 0 Å². The first kappa shape index (κ1) is 21.8. The Balaban J connectivity index is 1.61. The molecule has 5 heterocycles. The molecule has 4 nitrogen and oxygen atoms in total. The van der Waals surface area contributed by atoms with E-state index < -0.39 is 0 Å². The van der Waals surface area contributed by atoms with Gasteiger partial charge in [-0.05, 0) is 81.7 Å². The molecule has 0 unspecified atom stereocenters. The van der Waals surface area contributed by atoms with Gasteiger partial charge in [-0.3, -0.25) is 0 Å². The molecule has 3 aromatic heterocycles. The third-order valence-electron chi connectivity index (χ3n) is 6.59. The number of benzene rings is 2. The predicted octanol–water partition coefficient (Wildman–Crippen LogP) is 8.75. The van der Waals surface area contributed by atoms with E-state index >= 15 is 0 Å². The largest absolute Gasteiger partial charge is 0.355 e. The first-order valence-corrected chi connectivity index (χ1v) is 12.9. The van der Waals surface area contributed by atoms with Gasteiger partial charge in [0, 0.05) is 32.1 Å². The first-order chi connectivity index (χ1) is 18.2. The van der Waals surface area contributed by atoms with Crippen molar-refractivity contribution in [1.29, 1.82) is 0 Å². The van der Waals surface area contributed by atoms with Crippen LogP contribution in [0, 0.1) is 0 Å². The molecular formula is C32H21BrN4. The van der Waals surface area contributed by atoms with Crippen LogP contribution in [0.5, 0.6) is 0 Å². The molecule has 0 aliphatic carbocycles. The van der Waals surface area contributed by atoms with Gasteiger partial charge >= 0.3 is 0 Å². The third-order valence-corrected chi connectivity index (χ3v) is 7.21. The maximum Gasteiger partial charge on any atom is 0.0737 e. The van der Waals surface area contributed by atoms with Crippen LogP contribution < -0.4 is 0 Å². The molecule has 2 aromatic carbocycles. The standard InChI is InChI=1S/C32H21BrN4/c33-26-19-25-18-24-12-15-28(35-24)30(20-7-3-1-4-8-20)27-14-11-22(34-27)17-23-13-16-29(36-23)31(32(26)37-25)21-9-5-2-6-10-21/h1-19,35,37H. The lowest BCUT2D eigenvalue weighted by atomic mass is 10.0. The summed E-state index contributed by atoms with van der Waals surface area (Å²) in [7, 11) is 0. The van der Waals surface area contributed by atoms with Gasteiger partial charge in [0.1, 0.15) is 0 Å². The molecule has 2 aliphatic heterocycles. The molecule has 2 aliphatic rings. The lowest BCUT2D eigenvalue weighted by Crippen LogP contribution is -1.86. The Morgan fingerprint density at radius 1 is 0.541 bits per heavy atom. The average molecular weight is 541 g/mol. The zero-order chi connectivity index (χ0) is 24.8. The minimum atomic E-state index is 0.873. The topological polar surface area (TPSA) is 57.4 Å². The predicted molar refractivity (Wildman–Crippen MR) is 157 cm³/mol. The van der Waals surface area contributed by atoms with E-state index in [1.54, 1.807) is 0 Å². The van der Waals surface area contributed by atoms with Crippen LogP contribution in [0.3, 0.4) is 0 Å². The Morgan fingerprint density at radius 3 is 1.84 bits per heavy atom. The van der Waals surface area contributed by atoms with Crippen LogP contribution in [0.2, 0.25) is 0 Å². The molecule has 0 amide bonds. The molecular weight excluding hydrogens is 520 g/mol. The molecule has 0 spiro atoms. The molecule has 0 saturated heterocycles. The minimum Gasteiger partial charge on any atom is -0.355 e. The molecule has 37 heavy (non-hydrogen) atoms. The average Bonchev–Trinajstić information content (AvgIpc) is 3.72. The van der Waals surface area contributed by atoms with Gasteiger partial charge in [-0.1, -0.05) is 60.7 Å². The minimum absolute atomic E-state index is 0.873.